The summed E-state index contributed by atoms with van der Waals surface area (Å²) >= 11 is 0. The second-order valence-corrected chi connectivity index (χ2v) is 4.29. The molecule has 1 aromatic heterocycles. The molecule has 2 heteroatoms. The summed E-state index contributed by atoms with van der Waals surface area (Å²) in [6, 6.07) is 12.5. The van der Waals surface area contributed by atoms with E-state index in [1.807, 2.05) is 32.0 Å². The van der Waals surface area contributed by atoms with Crippen LogP contribution in [-0.2, 0) is 6.42 Å². The summed E-state index contributed by atoms with van der Waals surface area (Å²) in [6.45, 7) is 3.97. The van der Waals surface area contributed by atoms with Crippen LogP contribution in [0.3, 0.4) is 0 Å². The van der Waals surface area contributed by atoms with Gasteiger partial charge in [-0.1, -0.05) is 18.2 Å². The van der Waals surface area contributed by atoms with E-state index in [2.05, 4.69) is 18.2 Å². The Morgan fingerprint density at radius 1 is 1.25 bits per heavy atom. The average molecular weight is 215 g/mol. The first-order valence-electron chi connectivity index (χ1n) is 5.56. The minimum Gasteiger partial charge on any atom is -0.461 e. The normalized spacial score (nSPS) is 12.7. The summed E-state index contributed by atoms with van der Waals surface area (Å²) in [5.74, 6) is 1.86. The average Bonchev–Trinajstić information content (AvgIpc) is 2.64. The van der Waals surface area contributed by atoms with Gasteiger partial charge >= 0.3 is 0 Å². The van der Waals surface area contributed by atoms with Crippen molar-refractivity contribution in [2.24, 2.45) is 5.73 Å². The lowest BCUT2D eigenvalue weighted by Crippen LogP contribution is -2.17. The second-order valence-electron chi connectivity index (χ2n) is 4.29. The van der Waals surface area contributed by atoms with E-state index in [4.69, 9.17) is 10.2 Å². The predicted octanol–water partition coefficient (Wildman–Crippen LogP) is 3.14. The highest BCUT2D eigenvalue weighted by Crippen LogP contribution is 2.23. The largest absolute Gasteiger partial charge is 0.461 e. The molecule has 2 rings (SSSR count). The minimum atomic E-state index is 0.189. The van der Waals surface area contributed by atoms with E-state index in [-0.39, 0.29) is 6.04 Å². The van der Waals surface area contributed by atoms with Gasteiger partial charge in [-0.3, -0.25) is 0 Å². The fourth-order valence-electron chi connectivity index (χ4n) is 1.81. The van der Waals surface area contributed by atoms with Crippen LogP contribution >= 0.6 is 0 Å². The van der Waals surface area contributed by atoms with Crippen molar-refractivity contribution >= 4 is 0 Å². The summed E-state index contributed by atoms with van der Waals surface area (Å²) < 4.78 is 5.60. The Balaban J connectivity index is 2.28. The van der Waals surface area contributed by atoms with Gasteiger partial charge in [0.05, 0.1) is 0 Å². The lowest BCUT2D eigenvalue weighted by molar-refractivity contribution is 0.548. The van der Waals surface area contributed by atoms with Gasteiger partial charge in [0.15, 0.2) is 0 Å². The second kappa shape index (κ2) is 4.54. The number of benzene rings is 1. The molecule has 1 atom stereocenters. The van der Waals surface area contributed by atoms with E-state index in [0.29, 0.717) is 0 Å². The van der Waals surface area contributed by atoms with Crippen LogP contribution in [0.4, 0.5) is 0 Å². The van der Waals surface area contributed by atoms with Crippen LogP contribution < -0.4 is 5.73 Å². The molecule has 0 saturated heterocycles. The van der Waals surface area contributed by atoms with Gasteiger partial charge in [0.25, 0.3) is 0 Å². The lowest BCUT2D eigenvalue weighted by Gasteiger charge is -2.06. The molecule has 1 aromatic carbocycles. The topological polar surface area (TPSA) is 39.2 Å². The van der Waals surface area contributed by atoms with Crippen molar-refractivity contribution < 1.29 is 4.42 Å². The van der Waals surface area contributed by atoms with Gasteiger partial charge in [-0.05, 0) is 44.0 Å². The molecule has 2 N–H and O–H groups in total. The summed E-state index contributed by atoms with van der Waals surface area (Å²) in [5.41, 5.74) is 8.16. The van der Waals surface area contributed by atoms with Gasteiger partial charge in [0.1, 0.15) is 11.5 Å². The summed E-state index contributed by atoms with van der Waals surface area (Å²) in [6.07, 6.45) is 0.896. The highest BCUT2D eigenvalue weighted by Gasteiger charge is 2.04. The predicted molar refractivity (Wildman–Crippen MR) is 66.2 cm³/mol. The first-order valence-corrected chi connectivity index (χ1v) is 5.56. The maximum absolute atomic E-state index is 5.79. The monoisotopic (exact) mass is 215 g/mol. The number of aryl methyl sites for hydroxylation is 1. The first-order chi connectivity index (χ1) is 7.65. The van der Waals surface area contributed by atoms with Gasteiger partial charge in [-0.25, -0.2) is 0 Å². The summed E-state index contributed by atoms with van der Waals surface area (Å²) in [4.78, 5) is 0. The third kappa shape index (κ3) is 2.52. The molecule has 16 heavy (non-hydrogen) atoms. The van der Waals surface area contributed by atoms with Crippen LogP contribution in [0.5, 0.6) is 0 Å². The van der Waals surface area contributed by atoms with Crippen molar-refractivity contribution in [1.29, 1.82) is 0 Å². The van der Waals surface area contributed by atoms with Crippen molar-refractivity contribution in [3.05, 3.63) is 47.7 Å². The zero-order valence-electron chi connectivity index (χ0n) is 9.73. The van der Waals surface area contributed by atoms with Crippen LogP contribution in [0, 0.1) is 6.92 Å². The molecule has 1 heterocycles. The Labute approximate surface area is 96.1 Å². The molecule has 0 amide bonds. The van der Waals surface area contributed by atoms with Crippen molar-refractivity contribution in [3.63, 3.8) is 0 Å². The SMILES string of the molecule is Cc1ccc(-c2cccc(CC(C)N)c2)o1. The molecule has 2 nitrogen and oxygen atoms in total. The highest BCUT2D eigenvalue weighted by molar-refractivity contribution is 5.58. The Morgan fingerprint density at radius 2 is 2.06 bits per heavy atom. The number of nitrogens with two attached hydrogens (primary N) is 1. The molecular weight excluding hydrogens is 198 g/mol. The van der Waals surface area contributed by atoms with E-state index >= 15 is 0 Å². The Bertz CT molecular complexity index is 471. The van der Waals surface area contributed by atoms with Crippen molar-refractivity contribution in [1.82, 2.24) is 0 Å². The van der Waals surface area contributed by atoms with Gasteiger partial charge in [-0.15, -0.1) is 0 Å². The molecule has 0 bridgehead atoms. The highest BCUT2D eigenvalue weighted by atomic mass is 16.3. The number of furan rings is 1. The maximum atomic E-state index is 5.79. The van der Waals surface area contributed by atoms with E-state index < -0.39 is 0 Å². The smallest absolute Gasteiger partial charge is 0.134 e. The molecule has 0 saturated carbocycles. The molecule has 0 aliphatic rings. The molecule has 0 spiro atoms. The number of hydrogen-bond donors (Lipinski definition) is 1. The van der Waals surface area contributed by atoms with Gasteiger partial charge < -0.3 is 10.2 Å². The number of rotatable bonds is 3. The first kappa shape index (κ1) is 11.0. The van der Waals surface area contributed by atoms with Crippen molar-refractivity contribution in [3.8, 4) is 11.3 Å². The number of hydrogen-bond acceptors (Lipinski definition) is 2. The molecular formula is C14H17NO. The standard InChI is InChI=1S/C14H17NO/c1-10(15)8-12-4-3-5-13(9-12)14-7-6-11(2)16-14/h3-7,9-10H,8,15H2,1-2H3. The summed E-state index contributed by atoms with van der Waals surface area (Å²) in [5, 5.41) is 0. The van der Waals surface area contributed by atoms with Gasteiger partial charge in [-0.2, -0.15) is 0 Å². The molecule has 2 aromatic rings. The van der Waals surface area contributed by atoms with Gasteiger partial charge in [0.2, 0.25) is 0 Å². The summed E-state index contributed by atoms with van der Waals surface area (Å²) in [7, 11) is 0. The fourth-order valence-corrected chi connectivity index (χ4v) is 1.81. The molecule has 0 aliphatic heterocycles. The third-order valence-electron chi connectivity index (χ3n) is 2.51. The third-order valence-corrected chi connectivity index (χ3v) is 2.51. The van der Waals surface area contributed by atoms with Crippen LogP contribution in [0.2, 0.25) is 0 Å². The quantitative estimate of drug-likeness (QED) is 0.854. The van der Waals surface area contributed by atoms with E-state index in [9.17, 15) is 0 Å². The fraction of sp³-hybridized carbons (Fsp3) is 0.286. The van der Waals surface area contributed by atoms with E-state index in [0.717, 1.165) is 23.5 Å². The molecule has 84 valence electrons. The van der Waals surface area contributed by atoms with Crippen LogP contribution in [-0.4, -0.2) is 6.04 Å². The molecule has 0 aliphatic carbocycles. The Kier molecular flexibility index (Phi) is 3.11. The zero-order chi connectivity index (χ0) is 11.5. The zero-order valence-corrected chi connectivity index (χ0v) is 9.73. The van der Waals surface area contributed by atoms with Crippen LogP contribution in [0.1, 0.15) is 18.2 Å². The Morgan fingerprint density at radius 3 is 2.69 bits per heavy atom. The van der Waals surface area contributed by atoms with E-state index in [1.165, 1.54) is 5.56 Å². The Hall–Kier alpha value is -1.54. The molecule has 1 unspecified atom stereocenters. The van der Waals surface area contributed by atoms with Crippen LogP contribution in [0.15, 0.2) is 40.8 Å². The minimum absolute atomic E-state index is 0.189. The van der Waals surface area contributed by atoms with Crippen molar-refractivity contribution in [2.45, 2.75) is 26.3 Å². The van der Waals surface area contributed by atoms with Crippen molar-refractivity contribution in [2.75, 3.05) is 0 Å². The van der Waals surface area contributed by atoms with E-state index in [1.54, 1.807) is 0 Å². The molecule has 0 radical (unpaired) electrons. The van der Waals surface area contributed by atoms with Gasteiger partial charge in [0, 0.05) is 11.6 Å². The molecule has 0 fully saturated rings. The van der Waals surface area contributed by atoms with Crippen LogP contribution in [0.25, 0.3) is 11.3 Å². The maximum Gasteiger partial charge on any atom is 0.134 e. The lowest BCUT2D eigenvalue weighted by atomic mass is 10.0.